The van der Waals surface area contributed by atoms with Gasteiger partial charge in [0.25, 0.3) is 5.91 Å². The predicted octanol–water partition coefficient (Wildman–Crippen LogP) is 1.17. The van der Waals surface area contributed by atoms with Gasteiger partial charge in [-0.25, -0.2) is 4.98 Å². The molecule has 1 unspecified atom stereocenters. The SMILES string of the molecule is CN(C)Cc1cc(OC2CCN(C(=O)c3cn(C)cn3)C2)ccn1. The third-order valence-electron chi connectivity index (χ3n) is 3.93. The van der Waals surface area contributed by atoms with Gasteiger partial charge in [0, 0.05) is 45.0 Å². The van der Waals surface area contributed by atoms with Gasteiger partial charge in [0.15, 0.2) is 0 Å². The first kappa shape index (κ1) is 16.4. The van der Waals surface area contributed by atoms with E-state index in [9.17, 15) is 4.79 Å². The van der Waals surface area contributed by atoms with Crippen molar-refractivity contribution in [1.29, 1.82) is 0 Å². The van der Waals surface area contributed by atoms with Crippen LogP contribution in [0.1, 0.15) is 22.6 Å². The van der Waals surface area contributed by atoms with Crippen molar-refractivity contribution < 1.29 is 9.53 Å². The van der Waals surface area contributed by atoms with Crippen molar-refractivity contribution in [2.45, 2.75) is 19.1 Å². The quantitative estimate of drug-likeness (QED) is 0.824. The van der Waals surface area contributed by atoms with Crippen LogP contribution in [-0.2, 0) is 13.6 Å². The molecule has 3 rings (SSSR count). The third-order valence-corrected chi connectivity index (χ3v) is 3.93. The molecule has 0 spiro atoms. The molecule has 7 nitrogen and oxygen atoms in total. The number of hydrogen-bond acceptors (Lipinski definition) is 5. The zero-order valence-electron chi connectivity index (χ0n) is 14.3. The van der Waals surface area contributed by atoms with Crippen molar-refractivity contribution in [2.75, 3.05) is 27.2 Å². The normalized spacial score (nSPS) is 17.5. The van der Waals surface area contributed by atoms with Gasteiger partial charge in [-0.05, 0) is 20.2 Å². The van der Waals surface area contributed by atoms with E-state index in [2.05, 4.69) is 14.9 Å². The number of amides is 1. The highest BCUT2D eigenvalue weighted by Crippen LogP contribution is 2.20. The Kier molecular flexibility index (Phi) is 4.80. The topological polar surface area (TPSA) is 63.5 Å². The van der Waals surface area contributed by atoms with E-state index < -0.39 is 0 Å². The van der Waals surface area contributed by atoms with Gasteiger partial charge in [-0.2, -0.15) is 0 Å². The van der Waals surface area contributed by atoms with Crippen LogP contribution in [0.25, 0.3) is 0 Å². The van der Waals surface area contributed by atoms with Gasteiger partial charge in [-0.1, -0.05) is 0 Å². The molecule has 0 radical (unpaired) electrons. The average Bonchev–Trinajstić information content (AvgIpc) is 3.15. The van der Waals surface area contributed by atoms with Gasteiger partial charge in [0.05, 0.1) is 18.6 Å². The monoisotopic (exact) mass is 329 g/mol. The fourth-order valence-corrected chi connectivity index (χ4v) is 2.83. The van der Waals surface area contributed by atoms with Crippen LogP contribution in [0.5, 0.6) is 5.75 Å². The first-order valence-corrected chi connectivity index (χ1v) is 8.05. The van der Waals surface area contributed by atoms with Gasteiger partial charge in [-0.3, -0.25) is 9.78 Å². The number of ether oxygens (including phenoxy) is 1. The molecule has 7 heteroatoms. The van der Waals surface area contributed by atoms with Crippen molar-refractivity contribution in [3.8, 4) is 5.75 Å². The molecule has 2 aromatic heterocycles. The number of imidazole rings is 1. The summed E-state index contributed by atoms with van der Waals surface area (Å²) in [6.07, 6.45) is 5.98. The number of pyridine rings is 1. The van der Waals surface area contributed by atoms with Gasteiger partial charge in [0.2, 0.25) is 0 Å². The number of rotatable bonds is 5. The summed E-state index contributed by atoms with van der Waals surface area (Å²) in [7, 11) is 5.87. The van der Waals surface area contributed by atoms with Gasteiger partial charge < -0.3 is 19.1 Å². The van der Waals surface area contributed by atoms with Crippen LogP contribution in [0.2, 0.25) is 0 Å². The Morgan fingerprint density at radius 3 is 2.96 bits per heavy atom. The summed E-state index contributed by atoms with van der Waals surface area (Å²) in [4.78, 5) is 24.7. The van der Waals surface area contributed by atoms with Crippen molar-refractivity contribution >= 4 is 5.91 Å². The third kappa shape index (κ3) is 3.91. The molecule has 3 heterocycles. The first-order valence-electron chi connectivity index (χ1n) is 8.05. The number of likely N-dealkylation sites (tertiary alicyclic amines) is 1. The molecule has 0 bridgehead atoms. The van der Waals surface area contributed by atoms with E-state index in [4.69, 9.17) is 4.74 Å². The molecule has 24 heavy (non-hydrogen) atoms. The largest absolute Gasteiger partial charge is 0.488 e. The van der Waals surface area contributed by atoms with Crippen LogP contribution in [0.15, 0.2) is 30.9 Å². The van der Waals surface area contributed by atoms with Crippen molar-refractivity contribution in [1.82, 2.24) is 24.3 Å². The van der Waals surface area contributed by atoms with Gasteiger partial charge in [0.1, 0.15) is 17.5 Å². The highest BCUT2D eigenvalue weighted by molar-refractivity contribution is 5.92. The number of carbonyl (C=O) groups excluding carboxylic acids is 1. The summed E-state index contributed by atoms with van der Waals surface area (Å²) in [6.45, 7) is 2.04. The maximum Gasteiger partial charge on any atom is 0.274 e. The second-order valence-corrected chi connectivity index (χ2v) is 6.42. The molecule has 1 fully saturated rings. The van der Waals surface area contributed by atoms with Crippen LogP contribution in [-0.4, -0.2) is 63.5 Å². The molecule has 1 atom stereocenters. The standard InChI is InChI=1S/C17H23N5O2/c1-20(2)9-13-8-14(4-6-18-13)24-15-5-7-22(10-15)17(23)16-11-21(3)12-19-16/h4,6,8,11-12,15H,5,7,9-10H2,1-3H3. The van der Waals surface area contributed by atoms with E-state index in [1.807, 2.05) is 33.3 Å². The molecule has 0 aromatic carbocycles. The zero-order valence-corrected chi connectivity index (χ0v) is 14.3. The molecule has 2 aromatic rings. The van der Waals surface area contributed by atoms with E-state index in [0.717, 1.165) is 24.4 Å². The Hall–Kier alpha value is -2.41. The predicted molar refractivity (Wildman–Crippen MR) is 89.8 cm³/mol. The molecule has 0 saturated carbocycles. The van der Waals surface area contributed by atoms with Crippen molar-refractivity contribution in [3.05, 3.63) is 42.2 Å². The van der Waals surface area contributed by atoms with Crippen LogP contribution < -0.4 is 4.74 Å². The van der Waals surface area contributed by atoms with Crippen LogP contribution in [0, 0.1) is 0 Å². The molecule has 1 amide bonds. The van der Waals surface area contributed by atoms with Crippen LogP contribution >= 0.6 is 0 Å². The Morgan fingerprint density at radius 1 is 1.42 bits per heavy atom. The van der Waals surface area contributed by atoms with Crippen molar-refractivity contribution in [2.24, 2.45) is 7.05 Å². The summed E-state index contributed by atoms with van der Waals surface area (Å²) in [5, 5.41) is 0. The number of nitrogens with zero attached hydrogens (tertiary/aromatic N) is 5. The van der Waals surface area contributed by atoms with Gasteiger partial charge in [-0.15, -0.1) is 0 Å². The second kappa shape index (κ2) is 7.00. The molecule has 128 valence electrons. The summed E-state index contributed by atoms with van der Waals surface area (Å²) in [5.41, 5.74) is 1.45. The Balaban J connectivity index is 1.59. The number of aryl methyl sites for hydroxylation is 1. The Labute approximate surface area is 141 Å². The van der Waals surface area contributed by atoms with E-state index >= 15 is 0 Å². The van der Waals surface area contributed by atoms with E-state index in [1.165, 1.54) is 0 Å². The molecule has 1 aliphatic heterocycles. The second-order valence-electron chi connectivity index (χ2n) is 6.42. The summed E-state index contributed by atoms with van der Waals surface area (Å²) in [5.74, 6) is 0.767. The number of aromatic nitrogens is 3. The van der Waals surface area contributed by atoms with Gasteiger partial charge >= 0.3 is 0 Å². The fourth-order valence-electron chi connectivity index (χ4n) is 2.83. The van der Waals surface area contributed by atoms with Crippen LogP contribution in [0.4, 0.5) is 0 Å². The highest BCUT2D eigenvalue weighted by atomic mass is 16.5. The van der Waals surface area contributed by atoms with Crippen molar-refractivity contribution in [3.63, 3.8) is 0 Å². The minimum absolute atomic E-state index is 0.00673. The Morgan fingerprint density at radius 2 is 2.25 bits per heavy atom. The number of carbonyl (C=O) groups is 1. The first-order chi connectivity index (χ1) is 11.5. The minimum atomic E-state index is -0.0373. The lowest BCUT2D eigenvalue weighted by Crippen LogP contribution is -2.31. The zero-order chi connectivity index (χ0) is 17.1. The lowest BCUT2D eigenvalue weighted by molar-refractivity contribution is 0.0767. The molecule has 0 aliphatic carbocycles. The Bertz CT molecular complexity index is 713. The summed E-state index contributed by atoms with van der Waals surface area (Å²) in [6, 6.07) is 3.83. The fraction of sp³-hybridized carbons (Fsp3) is 0.471. The average molecular weight is 329 g/mol. The lowest BCUT2D eigenvalue weighted by Gasteiger charge is -2.17. The summed E-state index contributed by atoms with van der Waals surface area (Å²) < 4.78 is 7.82. The molecular formula is C17H23N5O2. The molecule has 1 saturated heterocycles. The lowest BCUT2D eigenvalue weighted by atomic mass is 10.3. The molecule has 1 aliphatic rings. The smallest absolute Gasteiger partial charge is 0.274 e. The summed E-state index contributed by atoms with van der Waals surface area (Å²) >= 11 is 0. The highest BCUT2D eigenvalue weighted by Gasteiger charge is 2.29. The molecular weight excluding hydrogens is 306 g/mol. The minimum Gasteiger partial charge on any atom is -0.488 e. The number of hydrogen-bond donors (Lipinski definition) is 0. The van der Waals surface area contributed by atoms with E-state index in [1.54, 1.807) is 28.2 Å². The van der Waals surface area contributed by atoms with Crippen LogP contribution in [0.3, 0.4) is 0 Å². The maximum absolute atomic E-state index is 12.4. The maximum atomic E-state index is 12.4. The van der Waals surface area contributed by atoms with E-state index in [0.29, 0.717) is 18.8 Å². The molecule has 0 N–H and O–H groups in total. The van der Waals surface area contributed by atoms with E-state index in [-0.39, 0.29) is 12.0 Å².